The number of rotatable bonds is 6. The van der Waals surface area contributed by atoms with Gasteiger partial charge in [-0.1, -0.05) is 6.07 Å². The monoisotopic (exact) mass is 320 g/mol. The minimum absolute atomic E-state index is 0.0187. The topological polar surface area (TPSA) is 24.9 Å². The first-order valence-electron chi connectivity index (χ1n) is 8.45. The third kappa shape index (κ3) is 4.46. The third-order valence-corrected chi connectivity index (χ3v) is 5.05. The Morgan fingerprint density at radius 3 is 2.26 bits per heavy atom. The zero-order chi connectivity index (χ0) is 17.0. The van der Waals surface area contributed by atoms with Gasteiger partial charge < -0.3 is 14.4 Å². The Morgan fingerprint density at radius 1 is 1.09 bits per heavy atom. The molecule has 0 amide bonds. The smallest absolute Gasteiger partial charge is 0.122 e. The Hall–Kier alpha value is -1.10. The van der Waals surface area contributed by atoms with Crippen molar-refractivity contribution in [2.75, 3.05) is 47.9 Å². The highest BCUT2D eigenvalue weighted by atomic mass is 16.5. The van der Waals surface area contributed by atoms with Gasteiger partial charge in [0.2, 0.25) is 0 Å². The highest BCUT2D eigenvalue weighted by Crippen LogP contribution is 2.29. The van der Waals surface area contributed by atoms with Crippen molar-refractivity contribution in [1.82, 2.24) is 9.80 Å². The Bertz CT molecular complexity index is 520. The largest absolute Gasteiger partial charge is 0.496 e. The summed E-state index contributed by atoms with van der Waals surface area (Å²) in [5.74, 6) is 0.981. The molecule has 1 heterocycles. The van der Waals surface area contributed by atoms with Gasteiger partial charge in [0.05, 0.1) is 12.7 Å². The molecule has 1 aromatic rings. The number of ether oxygens (including phenoxy) is 2. The number of likely N-dealkylation sites (N-methyl/N-ethyl adjacent to an activating group) is 1. The number of benzene rings is 1. The number of hydrogen-bond donors (Lipinski definition) is 0. The zero-order valence-corrected chi connectivity index (χ0v) is 15.6. The van der Waals surface area contributed by atoms with Crippen LogP contribution in [0.1, 0.15) is 29.5 Å². The van der Waals surface area contributed by atoms with E-state index in [0.29, 0.717) is 0 Å². The van der Waals surface area contributed by atoms with Gasteiger partial charge in [-0.3, -0.25) is 4.90 Å². The minimum Gasteiger partial charge on any atom is -0.496 e. The van der Waals surface area contributed by atoms with Gasteiger partial charge in [-0.2, -0.15) is 0 Å². The van der Waals surface area contributed by atoms with Gasteiger partial charge in [0.25, 0.3) is 0 Å². The van der Waals surface area contributed by atoms with Crippen LogP contribution in [0.3, 0.4) is 0 Å². The highest BCUT2D eigenvalue weighted by Gasteiger charge is 2.35. The summed E-state index contributed by atoms with van der Waals surface area (Å²) in [4.78, 5) is 4.78. The van der Waals surface area contributed by atoms with Gasteiger partial charge in [-0.25, -0.2) is 0 Å². The molecule has 1 saturated heterocycles. The summed E-state index contributed by atoms with van der Waals surface area (Å²) in [6, 6.07) is 4.42. The molecule has 1 aromatic carbocycles. The number of methoxy groups -OCH3 is 2. The fourth-order valence-corrected chi connectivity index (χ4v) is 3.60. The van der Waals surface area contributed by atoms with Crippen molar-refractivity contribution in [2.24, 2.45) is 0 Å². The van der Waals surface area contributed by atoms with Crippen molar-refractivity contribution in [3.63, 3.8) is 0 Å². The van der Waals surface area contributed by atoms with Crippen LogP contribution in [0.15, 0.2) is 12.1 Å². The summed E-state index contributed by atoms with van der Waals surface area (Å²) in [6.07, 6.45) is 2.19. The summed E-state index contributed by atoms with van der Waals surface area (Å²) in [7, 11) is 7.84. The molecule has 0 saturated carbocycles. The van der Waals surface area contributed by atoms with Gasteiger partial charge in [0.15, 0.2) is 0 Å². The standard InChI is InChI=1S/C19H32N2O2/c1-15-12-18(22-5)16(2)11-17(15)13-21-9-7-19(23-6,8-10-21)14-20(3)4/h11-12H,7-10,13-14H2,1-6H3. The Morgan fingerprint density at radius 2 is 1.74 bits per heavy atom. The van der Waals surface area contributed by atoms with Crippen molar-refractivity contribution >= 4 is 0 Å². The van der Waals surface area contributed by atoms with Crippen molar-refractivity contribution in [3.8, 4) is 5.75 Å². The summed E-state index contributed by atoms with van der Waals surface area (Å²) in [6.45, 7) is 8.48. The maximum Gasteiger partial charge on any atom is 0.122 e. The average molecular weight is 320 g/mol. The maximum atomic E-state index is 5.88. The molecule has 0 aliphatic carbocycles. The number of aryl methyl sites for hydroxylation is 2. The molecule has 1 fully saturated rings. The van der Waals surface area contributed by atoms with Crippen molar-refractivity contribution in [1.29, 1.82) is 0 Å². The van der Waals surface area contributed by atoms with Crippen LogP contribution in [0.5, 0.6) is 5.75 Å². The Kier molecular flexibility index (Phi) is 6.06. The van der Waals surface area contributed by atoms with Crippen LogP contribution in [0, 0.1) is 13.8 Å². The highest BCUT2D eigenvalue weighted by molar-refractivity contribution is 5.41. The van der Waals surface area contributed by atoms with E-state index < -0.39 is 0 Å². The first-order chi connectivity index (χ1) is 10.9. The third-order valence-electron chi connectivity index (χ3n) is 5.05. The molecule has 1 aliphatic heterocycles. The predicted molar refractivity (Wildman–Crippen MR) is 95.3 cm³/mol. The number of likely N-dealkylation sites (tertiary alicyclic amines) is 1. The average Bonchev–Trinajstić information content (AvgIpc) is 2.52. The summed E-state index contributed by atoms with van der Waals surface area (Å²) < 4.78 is 11.3. The van der Waals surface area contributed by atoms with E-state index in [1.807, 2.05) is 7.11 Å². The van der Waals surface area contributed by atoms with E-state index in [1.165, 1.54) is 16.7 Å². The Labute approximate surface area is 141 Å². The zero-order valence-electron chi connectivity index (χ0n) is 15.6. The summed E-state index contributed by atoms with van der Waals surface area (Å²) in [5.41, 5.74) is 3.94. The minimum atomic E-state index is 0.0187. The van der Waals surface area contributed by atoms with E-state index in [2.05, 4.69) is 49.9 Å². The molecule has 0 spiro atoms. The normalized spacial score (nSPS) is 18.4. The molecule has 2 rings (SSSR count). The molecule has 23 heavy (non-hydrogen) atoms. The van der Waals surface area contributed by atoms with Crippen molar-refractivity contribution < 1.29 is 9.47 Å². The quantitative estimate of drug-likeness (QED) is 0.805. The van der Waals surface area contributed by atoms with Gasteiger partial charge >= 0.3 is 0 Å². The van der Waals surface area contributed by atoms with Crippen LogP contribution in [-0.2, 0) is 11.3 Å². The fourth-order valence-electron chi connectivity index (χ4n) is 3.60. The number of nitrogens with zero attached hydrogens (tertiary/aromatic N) is 2. The molecule has 4 heteroatoms. The lowest BCUT2D eigenvalue weighted by Crippen LogP contribution is -2.50. The molecule has 0 unspecified atom stereocenters. The molecule has 0 N–H and O–H groups in total. The van der Waals surface area contributed by atoms with Crippen LogP contribution < -0.4 is 4.74 Å². The van der Waals surface area contributed by atoms with E-state index in [-0.39, 0.29) is 5.60 Å². The molecule has 0 bridgehead atoms. The maximum absolute atomic E-state index is 5.88. The van der Waals surface area contributed by atoms with Crippen LogP contribution in [0.4, 0.5) is 0 Å². The van der Waals surface area contributed by atoms with Gasteiger partial charge in [-0.15, -0.1) is 0 Å². The van der Waals surface area contributed by atoms with Crippen LogP contribution in [-0.4, -0.2) is 63.4 Å². The van der Waals surface area contributed by atoms with E-state index in [9.17, 15) is 0 Å². The molecule has 130 valence electrons. The van der Waals surface area contributed by atoms with Gasteiger partial charge in [-0.05, 0) is 63.5 Å². The van der Waals surface area contributed by atoms with Crippen molar-refractivity contribution in [2.45, 2.75) is 38.8 Å². The molecule has 1 aliphatic rings. The fraction of sp³-hybridized carbons (Fsp3) is 0.684. The predicted octanol–water partition coefficient (Wildman–Crippen LogP) is 2.85. The molecule has 0 atom stereocenters. The second kappa shape index (κ2) is 7.65. The lowest BCUT2D eigenvalue weighted by molar-refractivity contribution is -0.0712. The van der Waals surface area contributed by atoms with Gasteiger partial charge in [0.1, 0.15) is 5.75 Å². The summed E-state index contributed by atoms with van der Waals surface area (Å²) in [5, 5.41) is 0. The molecular formula is C19H32N2O2. The van der Waals surface area contributed by atoms with E-state index in [1.54, 1.807) is 7.11 Å². The second-order valence-corrected chi connectivity index (χ2v) is 7.15. The first kappa shape index (κ1) is 18.2. The molecule has 4 nitrogen and oxygen atoms in total. The second-order valence-electron chi connectivity index (χ2n) is 7.15. The number of hydrogen-bond acceptors (Lipinski definition) is 4. The molecule has 0 aromatic heterocycles. The lowest BCUT2D eigenvalue weighted by atomic mass is 9.90. The Balaban J connectivity index is 2.00. The van der Waals surface area contributed by atoms with Crippen molar-refractivity contribution in [3.05, 3.63) is 28.8 Å². The molecule has 0 radical (unpaired) electrons. The summed E-state index contributed by atoms with van der Waals surface area (Å²) >= 11 is 0. The molecular weight excluding hydrogens is 288 g/mol. The van der Waals surface area contributed by atoms with Crippen LogP contribution in [0.2, 0.25) is 0 Å². The van der Waals surface area contributed by atoms with Crippen LogP contribution in [0.25, 0.3) is 0 Å². The van der Waals surface area contributed by atoms with Crippen LogP contribution >= 0.6 is 0 Å². The SMILES string of the molecule is COc1cc(C)c(CN2CCC(CN(C)C)(OC)CC2)cc1C. The van der Waals surface area contributed by atoms with E-state index in [4.69, 9.17) is 9.47 Å². The van der Waals surface area contributed by atoms with Gasteiger partial charge in [0, 0.05) is 33.3 Å². The van der Waals surface area contributed by atoms with E-state index in [0.717, 1.165) is 44.8 Å². The lowest BCUT2D eigenvalue weighted by Gasteiger charge is -2.42. The number of piperidine rings is 1. The van der Waals surface area contributed by atoms with E-state index >= 15 is 0 Å². The first-order valence-corrected chi connectivity index (χ1v) is 8.45.